The van der Waals surface area contributed by atoms with E-state index in [-0.39, 0.29) is 0 Å². The van der Waals surface area contributed by atoms with Gasteiger partial charge in [0.25, 0.3) is 0 Å². The third kappa shape index (κ3) is 8.25. The second-order valence-corrected chi connectivity index (χ2v) is 2.43. The van der Waals surface area contributed by atoms with E-state index in [1.165, 1.54) is 6.08 Å². The molecule has 0 aromatic heterocycles. The van der Waals surface area contributed by atoms with Crippen LogP contribution in [0.15, 0.2) is 78.7 Å². The fraction of sp³-hybridized carbons (Fsp3) is 0. The smallest absolute Gasteiger partial charge is 0.105 e. The van der Waals surface area contributed by atoms with Gasteiger partial charge in [-0.2, -0.15) is 0 Å². The molecule has 0 aliphatic carbocycles. The maximum atomic E-state index is 8.62. The zero-order chi connectivity index (χ0) is 11.4. The zero-order valence-electron chi connectivity index (χ0n) is 8.58. The highest BCUT2D eigenvalue weighted by molar-refractivity contribution is 5.72. The first-order valence-electron chi connectivity index (χ1n) is 4.47. The molecule has 0 aliphatic rings. The molecule has 2 nitrogen and oxygen atoms in total. The molecular weight excluding hydrogens is 186 g/mol. The lowest BCUT2D eigenvalue weighted by Gasteiger charge is -1.85. The van der Waals surface area contributed by atoms with E-state index in [4.69, 9.17) is 5.11 Å². The van der Waals surface area contributed by atoms with Gasteiger partial charge in [0.1, 0.15) is 6.26 Å². The Morgan fingerprint density at radius 1 is 0.933 bits per heavy atom. The van der Waals surface area contributed by atoms with E-state index in [1.54, 1.807) is 18.4 Å². The number of aliphatic hydroxyl groups excluding tert-OH is 1. The summed E-state index contributed by atoms with van der Waals surface area (Å²) in [4.78, 5) is 3.91. The fourth-order valence-electron chi connectivity index (χ4n) is 0.653. The molecule has 0 aromatic rings. The molecule has 0 radical (unpaired) electrons. The SMILES string of the molecule is C=C\C=C/C=C/C=C/C=N\C(C=C)=C/O. The first-order chi connectivity index (χ1) is 7.35. The van der Waals surface area contributed by atoms with Gasteiger partial charge in [-0.3, -0.25) is 4.99 Å². The predicted octanol–water partition coefficient (Wildman–Crippen LogP) is 3.50. The summed E-state index contributed by atoms with van der Waals surface area (Å²) in [6.07, 6.45) is 16.7. The van der Waals surface area contributed by atoms with Crippen LogP contribution in [0.2, 0.25) is 0 Å². The highest BCUT2D eigenvalue weighted by Gasteiger charge is 1.79. The highest BCUT2D eigenvalue weighted by Crippen LogP contribution is 1.93. The number of aliphatic imine (C=N–C) groups is 1. The summed E-state index contributed by atoms with van der Waals surface area (Å²) < 4.78 is 0. The molecule has 0 bridgehead atoms. The summed E-state index contributed by atoms with van der Waals surface area (Å²) >= 11 is 0. The van der Waals surface area contributed by atoms with Crippen LogP contribution in [0.5, 0.6) is 0 Å². The van der Waals surface area contributed by atoms with Gasteiger partial charge in [0.15, 0.2) is 0 Å². The Balaban J connectivity index is 3.99. The Bertz CT molecular complexity index is 330. The number of allylic oxidation sites excluding steroid dienone is 8. The van der Waals surface area contributed by atoms with Crippen LogP contribution in [-0.4, -0.2) is 11.3 Å². The van der Waals surface area contributed by atoms with Crippen molar-refractivity contribution in [2.24, 2.45) is 4.99 Å². The Hall–Kier alpha value is -2.09. The van der Waals surface area contributed by atoms with Crippen molar-refractivity contribution in [1.82, 2.24) is 0 Å². The predicted molar refractivity (Wildman–Crippen MR) is 67.0 cm³/mol. The lowest BCUT2D eigenvalue weighted by Crippen LogP contribution is -1.71. The normalized spacial score (nSPS) is 13.5. The molecule has 0 spiro atoms. The first-order valence-corrected chi connectivity index (χ1v) is 4.47. The van der Waals surface area contributed by atoms with Crippen molar-refractivity contribution in [3.8, 4) is 0 Å². The van der Waals surface area contributed by atoms with E-state index in [0.29, 0.717) is 5.70 Å². The summed E-state index contributed by atoms with van der Waals surface area (Å²) in [6, 6.07) is 0. The maximum absolute atomic E-state index is 8.62. The molecule has 0 unspecified atom stereocenters. The van der Waals surface area contributed by atoms with Crippen LogP contribution in [0.25, 0.3) is 0 Å². The van der Waals surface area contributed by atoms with Crippen LogP contribution < -0.4 is 0 Å². The average Bonchev–Trinajstić information content (AvgIpc) is 2.27. The quantitative estimate of drug-likeness (QED) is 0.398. The van der Waals surface area contributed by atoms with Crippen LogP contribution >= 0.6 is 0 Å². The molecule has 0 aliphatic heterocycles. The summed E-state index contributed by atoms with van der Waals surface area (Å²) in [6.45, 7) is 7.03. The van der Waals surface area contributed by atoms with E-state index in [2.05, 4.69) is 18.2 Å². The Morgan fingerprint density at radius 2 is 1.53 bits per heavy atom. The molecular formula is C13H15NO. The molecule has 0 aromatic carbocycles. The molecule has 0 saturated heterocycles. The lowest BCUT2D eigenvalue weighted by atomic mass is 10.4. The van der Waals surface area contributed by atoms with Gasteiger partial charge in [-0.05, 0) is 12.2 Å². The van der Waals surface area contributed by atoms with E-state index in [1.807, 2.05) is 30.4 Å². The minimum absolute atomic E-state index is 0.426. The molecule has 1 N–H and O–H groups in total. The van der Waals surface area contributed by atoms with E-state index in [9.17, 15) is 0 Å². The van der Waals surface area contributed by atoms with Crippen LogP contribution in [0.4, 0.5) is 0 Å². The Morgan fingerprint density at radius 3 is 2.07 bits per heavy atom. The molecule has 2 heteroatoms. The van der Waals surface area contributed by atoms with Crippen molar-refractivity contribution >= 4 is 6.21 Å². The minimum atomic E-state index is 0.426. The molecule has 15 heavy (non-hydrogen) atoms. The minimum Gasteiger partial charge on any atom is -0.513 e. The lowest BCUT2D eigenvalue weighted by molar-refractivity contribution is 0.468. The fourth-order valence-corrected chi connectivity index (χ4v) is 0.653. The van der Waals surface area contributed by atoms with Gasteiger partial charge in [0.05, 0.1) is 5.70 Å². The monoisotopic (exact) mass is 201 g/mol. The topological polar surface area (TPSA) is 32.6 Å². The molecule has 0 heterocycles. The van der Waals surface area contributed by atoms with Crippen LogP contribution in [0, 0.1) is 0 Å². The summed E-state index contributed by atoms with van der Waals surface area (Å²) in [5, 5.41) is 8.62. The highest BCUT2D eigenvalue weighted by atomic mass is 16.2. The Kier molecular flexibility index (Phi) is 8.60. The molecule has 0 rings (SSSR count). The maximum Gasteiger partial charge on any atom is 0.105 e. The van der Waals surface area contributed by atoms with Crippen molar-refractivity contribution in [3.05, 3.63) is 73.7 Å². The third-order valence-corrected chi connectivity index (χ3v) is 1.34. The summed E-state index contributed by atoms with van der Waals surface area (Å²) in [7, 11) is 0. The molecule has 0 saturated carbocycles. The Labute approximate surface area is 90.7 Å². The van der Waals surface area contributed by atoms with Gasteiger partial charge >= 0.3 is 0 Å². The number of aliphatic hydroxyl groups is 1. The molecule has 0 atom stereocenters. The van der Waals surface area contributed by atoms with Gasteiger partial charge in [-0.25, -0.2) is 0 Å². The largest absolute Gasteiger partial charge is 0.513 e. The van der Waals surface area contributed by atoms with Crippen LogP contribution in [0.1, 0.15) is 0 Å². The second kappa shape index (κ2) is 9.99. The first kappa shape index (κ1) is 12.9. The van der Waals surface area contributed by atoms with E-state index < -0.39 is 0 Å². The van der Waals surface area contributed by atoms with Crippen molar-refractivity contribution < 1.29 is 5.11 Å². The van der Waals surface area contributed by atoms with Gasteiger partial charge in [0.2, 0.25) is 0 Å². The second-order valence-electron chi connectivity index (χ2n) is 2.43. The van der Waals surface area contributed by atoms with Crippen molar-refractivity contribution in [2.75, 3.05) is 0 Å². The van der Waals surface area contributed by atoms with Crippen molar-refractivity contribution in [3.63, 3.8) is 0 Å². The van der Waals surface area contributed by atoms with Crippen LogP contribution in [-0.2, 0) is 0 Å². The molecule has 0 fully saturated rings. The number of hydrogen-bond donors (Lipinski definition) is 1. The van der Waals surface area contributed by atoms with Gasteiger partial charge in [0, 0.05) is 6.21 Å². The standard InChI is InChI=1S/C13H15NO/c1-3-5-6-7-8-9-10-11-14-13(4-2)12-15/h3-12,15H,1-2H2/b6-5-,8-7+,10-9+,13-12-,14-11-. The zero-order valence-corrected chi connectivity index (χ0v) is 8.58. The summed E-state index contributed by atoms with van der Waals surface area (Å²) in [5.41, 5.74) is 0.426. The molecule has 0 amide bonds. The van der Waals surface area contributed by atoms with Gasteiger partial charge < -0.3 is 5.11 Å². The van der Waals surface area contributed by atoms with Gasteiger partial charge in [-0.1, -0.05) is 49.6 Å². The van der Waals surface area contributed by atoms with E-state index in [0.717, 1.165) is 6.26 Å². The average molecular weight is 201 g/mol. The third-order valence-electron chi connectivity index (χ3n) is 1.34. The number of rotatable bonds is 6. The van der Waals surface area contributed by atoms with Gasteiger partial charge in [-0.15, -0.1) is 0 Å². The molecule has 78 valence electrons. The number of hydrogen-bond acceptors (Lipinski definition) is 2. The van der Waals surface area contributed by atoms with Crippen molar-refractivity contribution in [2.45, 2.75) is 0 Å². The number of nitrogens with zero attached hydrogens (tertiary/aromatic N) is 1. The van der Waals surface area contributed by atoms with E-state index >= 15 is 0 Å². The summed E-state index contributed by atoms with van der Waals surface area (Å²) in [5.74, 6) is 0. The van der Waals surface area contributed by atoms with Crippen LogP contribution in [0.3, 0.4) is 0 Å². The van der Waals surface area contributed by atoms with Crippen molar-refractivity contribution in [1.29, 1.82) is 0 Å².